The molecule has 0 fully saturated rings. The molecular formula is C16H25BrFN. The highest BCUT2D eigenvalue weighted by Crippen LogP contribution is 2.22. The van der Waals surface area contributed by atoms with E-state index >= 15 is 0 Å². The normalized spacial score (nSPS) is 12.6. The van der Waals surface area contributed by atoms with Crippen molar-refractivity contribution in [1.29, 1.82) is 0 Å². The molecule has 1 aromatic rings. The minimum Gasteiger partial charge on any atom is -0.314 e. The molecule has 0 aliphatic heterocycles. The third kappa shape index (κ3) is 6.05. The summed E-state index contributed by atoms with van der Waals surface area (Å²) in [5.74, 6) is -0.160. The van der Waals surface area contributed by atoms with E-state index in [-0.39, 0.29) is 5.82 Å². The van der Waals surface area contributed by atoms with Crippen LogP contribution in [-0.2, 0) is 6.42 Å². The lowest BCUT2D eigenvalue weighted by Gasteiger charge is -2.17. The van der Waals surface area contributed by atoms with Crippen molar-refractivity contribution < 1.29 is 4.39 Å². The van der Waals surface area contributed by atoms with E-state index in [1.165, 1.54) is 25.3 Å². The molecule has 3 heteroatoms. The molecule has 108 valence electrons. The number of halogens is 2. The Bertz CT molecular complexity index is 368. The van der Waals surface area contributed by atoms with Crippen molar-refractivity contribution in [1.82, 2.24) is 5.32 Å². The van der Waals surface area contributed by atoms with E-state index < -0.39 is 0 Å². The van der Waals surface area contributed by atoms with Gasteiger partial charge in [0.05, 0.1) is 4.47 Å². The number of hydrogen-bond donors (Lipinski definition) is 1. The molecule has 1 aromatic carbocycles. The SMILES string of the molecule is CCCNC(CCC)CCCc1cccc(F)c1Br. The van der Waals surface area contributed by atoms with Crippen LogP contribution < -0.4 is 5.32 Å². The summed E-state index contributed by atoms with van der Waals surface area (Å²) in [7, 11) is 0. The highest BCUT2D eigenvalue weighted by atomic mass is 79.9. The summed E-state index contributed by atoms with van der Waals surface area (Å²) in [6.45, 7) is 5.51. The molecule has 1 N–H and O–H groups in total. The van der Waals surface area contributed by atoms with Crippen LogP contribution in [0, 0.1) is 5.82 Å². The minimum absolute atomic E-state index is 0.160. The lowest BCUT2D eigenvalue weighted by Crippen LogP contribution is -2.29. The van der Waals surface area contributed by atoms with Crippen LogP contribution in [0.4, 0.5) is 4.39 Å². The van der Waals surface area contributed by atoms with E-state index in [2.05, 4.69) is 35.1 Å². The van der Waals surface area contributed by atoms with Gasteiger partial charge in [0.1, 0.15) is 5.82 Å². The number of hydrogen-bond acceptors (Lipinski definition) is 1. The van der Waals surface area contributed by atoms with Crippen LogP contribution >= 0.6 is 15.9 Å². The highest BCUT2D eigenvalue weighted by Gasteiger charge is 2.08. The summed E-state index contributed by atoms with van der Waals surface area (Å²) < 4.78 is 14.0. The van der Waals surface area contributed by atoms with Crippen molar-refractivity contribution in [3.8, 4) is 0 Å². The average molecular weight is 330 g/mol. The van der Waals surface area contributed by atoms with E-state index in [1.54, 1.807) is 6.07 Å². The zero-order valence-corrected chi connectivity index (χ0v) is 13.6. The Morgan fingerprint density at radius 1 is 1.21 bits per heavy atom. The van der Waals surface area contributed by atoms with Crippen molar-refractivity contribution in [2.45, 2.75) is 58.4 Å². The maximum Gasteiger partial charge on any atom is 0.137 e. The minimum atomic E-state index is -0.160. The van der Waals surface area contributed by atoms with Crippen LogP contribution in [0.15, 0.2) is 22.7 Å². The Morgan fingerprint density at radius 2 is 2.00 bits per heavy atom. The molecule has 1 rings (SSSR count). The van der Waals surface area contributed by atoms with Gasteiger partial charge in [-0.25, -0.2) is 4.39 Å². The molecule has 0 radical (unpaired) electrons. The summed E-state index contributed by atoms with van der Waals surface area (Å²) >= 11 is 3.33. The van der Waals surface area contributed by atoms with Crippen LogP contribution in [-0.4, -0.2) is 12.6 Å². The van der Waals surface area contributed by atoms with E-state index in [0.29, 0.717) is 10.5 Å². The van der Waals surface area contributed by atoms with Gasteiger partial charge >= 0.3 is 0 Å². The Labute approximate surface area is 125 Å². The van der Waals surface area contributed by atoms with Crippen LogP contribution in [0.1, 0.15) is 51.5 Å². The van der Waals surface area contributed by atoms with Gasteiger partial charge in [0, 0.05) is 6.04 Å². The van der Waals surface area contributed by atoms with Gasteiger partial charge in [0.25, 0.3) is 0 Å². The first-order valence-electron chi connectivity index (χ1n) is 7.35. The van der Waals surface area contributed by atoms with Gasteiger partial charge in [-0.2, -0.15) is 0 Å². The first-order chi connectivity index (χ1) is 9.19. The lowest BCUT2D eigenvalue weighted by molar-refractivity contribution is 0.437. The monoisotopic (exact) mass is 329 g/mol. The molecule has 0 saturated carbocycles. The van der Waals surface area contributed by atoms with Crippen molar-refractivity contribution >= 4 is 15.9 Å². The molecule has 0 amide bonds. The molecule has 0 aromatic heterocycles. The summed E-state index contributed by atoms with van der Waals surface area (Å²) in [4.78, 5) is 0. The molecular weight excluding hydrogens is 305 g/mol. The van der Waals surface area contributed by atoms with Gasteiger partial charge in [0.2, 0.25) is 0 Å². The van der Waals surface area contributed by atoms with Gasteiger partial charge in [-0.15, -0.1) is 0 Å². The van der Waals surface area contributed by atoms with Crippen molar-refractivity contribution in [2.24, 2.45) is 0 Å². The average Bonchev–Trinajstić information content (AvgIpc) is 2.40. The van der Waals surface area contributed by atoms with Crippen LogP contribution in [0.2, 0.25) is 0 Å². The fourth-order valence-corrected chi connectivity index (χ4v) is 2.79. The Kier molecular flexibility index (Phi) is 8.31. The van der Waals surface area contributed by atoms with Crippen LogP contribution in [0.25, 0.3) is 0 Å². The molecule has 19 heavy (non-hydrogen) atoms. The summed E-state index contributed by atoms with van der Waals surface area (Å²) in [5, 5.41) is 3.60. The molecule has 1 nitrogen and oxygen atoms in total. The van der Waals surface area contributed by atoms with Crippen molar-refractivity contribution in [2.75, 3.05) is 6.54 Å². The molecule has 1 unspecified atom stereocenters. The standard InChI is InChI=1S/C16H25BrFN/c1-3-7-14(19-12-4-2)10-5-8-13-9-6-11-15(18)16(13)17/h6,9,11,14,19H,3-5,7-8,10,12H2,1-2H3. The molecule has 0 saturated heterocycles. The fourth-order valence-electron chi connectivity index (χ4n) is 2.33. The zero-order valence-electron chi connectivity index (χ0n) is 12.0. The summed E-state index contributed by atoms with van der Waals surface area (Å²) in [5.41, 5.74) is 1.07. The predicted octanol–water partition coefficient (Wildman–Crippen LogP) is 5.08. The fraction of sp³-hybridized carbons (Fsp3) is 0.625. The second-order valence-corrected chi connectivity index (χ2v) is 5.84. The topological polar surface area (TPSA) is 12.0 Å². The smallest absolute Gasteiger partial charge is 0.137 e. The zero-order chi connectivity index (χ0) is 14.1. The third-order valence-electron chi connectivity index (χ3n) is 3.35. The molecule has 0 heterocycles. The molecule has 0 bridgehead atoms. The highest BCUT2D eigenvalue weighted by molar-refractivity contribution is 9.10. The Hall–Kier alpha value is -0.410. The van der Waals surface area contributed by atoms with E-state index in [0.717, 1.165) is 31.4 Å². The third-order valence-corrected chi connectivity index (χ3v) is 4.24. The molecule has 0 spiro atoms. The second kappa shape index (κ2) is 9.49. The van der Waals surface area contributed by atoms with Crippen LogP contribution in [0.3, 0.4) is 0 Å². The van der Waals surface area contributed by atoms with Gasteiger partial charge in [-0.3, -0.25) is 0 Å². The first kappa shape index (κ1) is 16.6. The van der Waals surface area contributed by atoms with Gasteiger partial charge in [0.15, 0.2) is 0 Å². The first-order valence-corrected chi connectivity index (χ1v) is 8.14. The summed E-state index contributed by atoms with van der Waals surface area (Å²) in [6, 6.07) is 5.89. The Balaban J connectivity index is 2.40. The van der Waals surface area contributed by atoms with Gasteiger partial charge in [-0.05, 0) is 66.2 Å². The maximum absolute atomic E-state index is 13.4. The lowest BCUT2D eigenvalue weighted by atomic mass is 10.0. The Morgan fingerprint density at radius 3 is 2.68 bits per heavy atom. The predicted molar refractivity (Wildman–Crippen MR) is 84.0 cm³/mol. The van der Waals surface area contributed by atoms with Crippen LogP contribution in [0.5, 0.6) is 0 Å². The number of rotatable bonds is 9. The van der Waals surface area contributed by atoms with Gasteiger partial charge < -0.3 is 5.32 Å². The molecule has 1 atom stereocenters. The largest absolute Gasteiger partial charge is 0.314 e. The van der Waals surface area contributed by atoms with Gasteiger partial charge in [-0.1, -0.05) is 32.4 Å². The quantitative estimate of drug-likeness (QED) is 0.666. The van der Waals surface area contributed by atoms with E-state index in [9.17, 15) is 4.39 Å². The number of aryl methyl sites for hydroxylation is 1. The molecule has 0 aliphatic rings. The summed E-state index contributed by atoms with van der Waals surface area (Å²) in [6.07, 6.45) is 6.82. The number of benzene rings is 1. The van der Waals surface area contributed by atoms with Crippen molar-refractivity contribution in [3.05, 3.63) is 34.1 Å². The number of nitrogens with one attached hydrogen (secondary N) is 1. The van der Waals surface area contributed by atoms with E-state index in [1.807, 2.05) is 6.07 Å². The molecule has 0 aliphatic carbocycles. The second-order valence-electron chi connectivity index (χ2n) is 5.04. The van der Waals surface area contributed by atoms with Crippen molar-refractivity contribution in [3.63, 3.8) is 0 Å². The van der Waals surface area contributed by atoms with E-state index in [4.69, 9.17) is 0 Å². The maximum atomic E-state index is 13.4.